The van der Waals surface area contributed by atoms with E-state index in [-0.39, 0.29) is 23.5 Å². The van der Waals surface area contributed by atoms with Gasteiger partial charge in [-0.1, -0.05) is 0 Å². The van der Waals surface area contributed by atoms with Crippen molar-refractivity contribution in [2.24, 2.45) is 23.7 Å². The number of carbonyl (C=O) groups excluding carboxylic acids is 2. The van der Waals surface area contributed by atoms with E-state index in [2.05, 4.69) is 22.9 Å². The monoisotopic (exact) mass is 333 g/mol. The fourth-order valence-electron chi connectivity index (χ4n) is 5.88. The molecule has 134 valence electrons. The number of rotatable bonds is 6. The topological polar surface area (TPSA) is 70.2 Å². The van der Waals surface area contributed by atoms with Crippen molar-refractivity contribution in [2.45, 2.75) is 76.3 Å². The van der Waals surface area contributed by atoms with E-state index in [1.807, 2.05) is 0 Å². The van der Waals surface area contributed by atoms with Crippen LogP contribution < -0.4 is 16.0 Å². The summed E-state index contributed by atoms with van der Waals surface area (Å²) in [4.78, 5) is 24.2. The molecule has 5 saturated carbocycles. The molecule has 0 aromatic carbocycles. The van der Waals surface area contributed by atoms with Gasteiger partial charge in [-0.05, 0) is 82.0 Å². The molecular formula is C19H31N3O2. The van der Waals surface area contributed by atoms with Crippen molar-refractivity contribution in [3.8, 4) is 0 Å². The summed E-state index contributed by atoms with van der Waals surface area (Å²) in [6.07, 6.45) is 10.4. The second-order valence-corrected chi connectivity index (χ2v) is 9.02. The van der Waals surface area contributed by atoms with E-state index in [4.69, 9.17) is 0 Å². The molecule has 0 saturated heterocycles. The lowest BCUT2D eigenvalue weighted by molar-refractivity contribution is -0.121. The van der Waals surface area contributed by atoms with Crippen LogP contribution >= 0.6 is 0 Å². The van der Waals surface area contributed by atoms with Gasteiger partial charge in [-0.25, -0.2) is 4.79 Å². The minimum Gasteiger partial charge on any atom is -0.353 e. The maximum Gasteiger partial charge on any atom is 0.315 e. The quantitative estimate of drug-likeness (QED) is 0.699. The Kier molecular flexibility index (Phi) is 4.21. The molecule has 0 aromatic rings. The van der Waals surface area contributed by atoms with Gasteiger partial charge in [-0.2, -0.15) is 0 Å². The van der Waals surface area contributed by atoms with Crippen LogP contribution in [-0.2, 0) is 4.79 Å². The van der Waals surface area contributed by atoms with E-state index in [1.54, 1.807) is 0 Å². The average molecular weight is 333 g/mol. The first-order valence-electron chi connectivity index (χ1n) is 9.87. The van der Waals surface area contributed by atoms with Gasteiger partial charge in [0.2, 0.25) is 5.91 Å². The van der Waals surface area contributed by atoms with Crippen LogP contribution in [0.5, 0.6) is 0 Å². The summed E-state index contributed by atoms with van der Waals surface area (Å²) in [5.41, 5.74) is 0.0432. The molecule has 3 amide bonds. The Labute approximate surface area is 144 Å². The minimum atomic E-state index is -0.0833. The summed E-state index contributed by atoms with van der Waals surface area (Å²) >= 11 is 0. The predicted molar refractivity (Wildman–Crippen MR) is 92.4 cm³/mol. The average Bonchev–Trinajstić information content (AvgIpc) is 3.29. The Morgan fingerprint density at radius 3 is 2.17 bits per heavy atom. The van der Waals surface area contributed by atoms with Crippen LogP contribution in [0.25, 0.3) is 0 Å². The first-order chi connectivity index (χ1) is 11.5. The molecule has 5 rings (SSSR count). The molecule has 5 heteroatoms. The summed E-state index contributed by atoms with van der Waals surface area (Å²) < 4.78 is 0. The molecule has 5 fully saturated rings. The molecule has 0 radical (unpaired) electrons. The fraction of sp³-hybridized carbons (Fsp3) is 0.895. The highest BCUT2D eigenvalue weighted by Gasteiger charge is 2.51. The first kappa shape index (κ1) is 16.2. The second kappa shape index (κ2) is 6.23. The van der Waals surface area contributed by atoms with Crippen molar-refractivity contribution in [1.29, 1.82) is 0 Å². The Balaban J connectivity index is 1.19. The Bertz CT molecular complexity index is 479. The molecule has 5 aliphatic carbocycles. The standard InChI is InChI=1S/C19H31N3O2/c1-12(16-2-3-16)21-17(23)4-5-20-18(24)22-19-9-13-6-14(10-19)8-15(7-13)11-19/h12-16H,2-11H2,1H3,(H,21,23)(H2,20,22,24). The third kappa shape index (κ3) is 3.55. The SMILES string of the molecule is CC(NC(=O)CCNC(=O)NC12CC3CC(CC(C3)C1)C2)C1CC1. The molecule has 3 N–H and O–H groups in total. The number of hydrogen-bond donors (Lipinski definition) is 3. The lowest BCUT2D eigenvalue weighted by Crippen LogP contribution is -2.61. The molecule has 1 atom stereocenters. The second-order valence-electron chi connectivity index (χ2n) is 9.02. The number of hydrogen-bond acceptors (Lipinski definition) is 2. The zero-order valence-electron chi connectivity index (χ0n) is 14.8. The van der Waals surface area contributed by atoms with Crippen LogP contribution in [0.3, 0.4) is 0 Å². The van der Waals surface area contributed by atoms with Gasteiger partial charge >= 0.3 is 6.03 Å². The smallest absolute Gasteiger partial charge is 0.315 e. The lowest BCUT2D eigenvalue weighted by Gasteiger charge is -2.56. The van der Waals surface area contributed by atoms with Crippen molar-refractivity contribution >= 4 is 11.9 Å². The Morgan fingerprint density at radius 2 is 1.62 bits per heavy atom. The number of nitrogens with one attached hydrogen (secondary N) is 3. The maximum absolute atomic E-state index is 12.3. The van der Waals surface area contributed by atoms with Crippen LogP contribution in [-0.4, -0.2) is 30.1 Å². The van der Waals surface area contributed by atoms with E-state index in [1.165, 1.54) is 32.1 Å². The molecule has 4 bridgehead atoms. The van der Waals surface area contributed by atoms with Crippen LogP contribution in [0.2, 0.25) is 0 Å². The van der Waals surface area contributed by atoms with Crippen molar-refractivity contribution in [3.63, 3.8) is 0 Å². The molecule has 5 aliphatic rings. The summed E-state index contributed by atoms with van der Waals surface area (Å²) in [6, 6.07) is 0.193. The number of urea groups is 1. The van der Waals surface area contributed by atoms with Crippen LogP contribution in [0.15, 0.2) is 0 Å². The Morgan fingerprint density at radius 1 is 1.04 bits per heavy atom. The maximum atomic E-state index is 12.3. The summed E-state index contributed by atoms with van der Waals surface area (Å²) in [5.74, 6) is 3.19. The van der Waals surface area contributed by atoms with Crippen LogP contribution in [0, 0.1) is 23.7 Å². The highest BCUT2D eigenvalue weighted by molar-refractivity contribution is 5.78. The van der Waals surface area contributed by atoms with E-state index in [0.717, 1.165) is 37.0 Å². The van der Waals surface area contributed by atoms with Gasteiger partial charge in [0, 0.05) is 24.5 Å². The lowest BCUT2D eigenvalue weighted by atomic mass is 9.53. The van der Waals surface area contributed by atoms with Gasteiger partial charge < -0.3 is 16.0 Å². The molecule has 0 aromatic heterocycles. The largest absolute Gasteiger partial charge is 0.353 e. The van der Waals surface area contributed by atoms with Gasteiger partial charge in [0.1, 0.15) is 0 Å². The van der Waals surface area contributed by atoms with Crippen LogP contribution in [0.1, 0.15) is 64.7 Å². The van der Waals surface area contributed by atoms with Gasteiger partial charge in [0.15, 0.2) is 0 Å². The number of carbonyl (C=O) groups is 2. The highest BCUT2D eigenvalue weighted by Crippen LogP contribution is 2.55. The summed E-state index contributed by atoms with van der Waals surface area (Å²) in [5, 5.41) is 9.21. The fourth-order valence-corrected chi connectivity index (χ4v) is 5.88. The van der Waals surface area contributed by atoms with Gasteiger partial charge in [0.05, 0.1) is 0 Å². The van der Waals surface area contributed by atoms with E-state index in [0.29, 0.717) is 18.9 Å². The molecule has 0 heterocycles. The summed E-state index contributed by atoms with van der Waals surface area (Å²) in [7, 11) is 0. The van der Waals surface area contributed by atoms with Gasteiger partial charge in [-0.15, -0.1) is 0 Å². The van der Waals surface area contributed by atoms with Gasteiger partial charge in [0.25, 0.3) is 0 Å². The van der Waals surface area contributed by atoms with E-state index >= 15 is 0 Å². The highest BCUT2D eigenvalue weighted by atomic mass is 16.2. The minimum absolute atomic E-state index is 0.0432. The molecule has 5 nitrogen and oxygen atoms in total. The predicted octanol–water partition coefficient (Wildman–Crippen LogP) is 2.56. The van der Waals surface area contributed by atoms with E-state index < -0.39 is 0 Å². The molecular weight excluding hydrogens is 302 g/mol. The third-order valence-corrected chi connectivity index (χ3v) is 6.77. The molecule has 1 unspecified atom stereocenters. The molecule has 24 heavy (non-hydrogen) atoms. The molecule has 0 spiro atoms. The van der Waals surface area contributed by atoms with Crippen LogP contribution in [0.4, 0.5) is 4.79 Å². The number of amides is 3. The van der Waals surface area contributed by atoms with Crippen molar-refractivity contribution < 1.29 is 9.59 Å². The first-order valence-corrected chi connectivity index (χ1v) is 9.87. The van der Waals surface area contributed by atoms with Crippen molar-refractivity contribution in [3.05, 3.63) is 0 Å². The zero-order valence-corrected chi connectivity index (χ0v) is 14.8. The molecule has 0 aliphatic heterocycles. The Hall–Kier alpha value is -1.26. The normalized spacial score (nSPS) is 37.8. The summed E-state index contributed by atoms with van der Waals surface area (Å²) in [6.45, 7) is 2.49. The van der Waals surface area contributed by atoms with Gasteiger partial charge in [-0.3, -0.25) is 4.79 Å². The third-order valence-electron chi connectivity index (χ3n) is 6.77. The zero-order chi connectivity index (χ0) is 16.7. The van der Waals surface area contributed by atoms with Crippen molar-refractivity contribution in [1.82, 2.24) is 16.0 Å². The van der Waals surface area contributed by atoms with Crippen molar-refractivity contribution in [2.75, 3.05) is 6.54 Å². The van der Waals surface area contributed by atoms with E-state index in [9.17, 15) is 9.59 Å².